The SMILES string of the molecule is CC.CC.OCc1nc2c(s1)C(Cl)=CCC2. The second kappa shape index (κ2) is 8.74. The van der Waals surface area contributed by atoms with Crippen molar-refractivity contribution in [2.75, 3.05) is 0 Å². The number of aromatic nitrogens is 1. The molecule has 0 aliphatic heterocycles. The maximum atomic E-state index is 8.86. The molecule has 0 saturated heterocycles. The molecule has 2 nitrogen and oxygen atoms in total. The summed E-state index contributed by atoms with van der Waals surface area (Å²) in [6, 6.07) is 0. The lowest BCUT2D eigenvalue weighted by atomic mass is 10.1. The minimum atomic E-state index is 0.0157. The van der Waals surface area contributed by atoms with Gasteiger partial charge in [-0.25, -0.2) is 4.98 Å². The van der Waals surface area contributed by atoms with Crippen LogP contribution in [0.2, 0.25) is 0 Å². The molecule has 0 unspecified atom stereocenters. The summed E-state index contributed by atoms with van der Waals surface area (Å²) in [5.41, 5.74) is 1.04. The Morgan fingerprint density at radius 2 is 2.00 bits per heavy atom. The summed E-state index contributed by atoms with van der Waals surface area (Å²) in [5, 5.41) is 10.4. The molecule has 16 heavy (non-hydrogen) atoms. The Morgan fingerprint density at radius 3 is 2.50 bits per heavy atom. The monoisotopic (exact) mass is 261 g/mol. The van der Waals surface area contributed by atoms with Crippen LogP contribution in [-0.2, 0) is 13.0 Å². The van der Waals surface area contributed by atoms with Crippen LogP contribution < -0.4 is 0 Å². The molecule has 1 heterocycles. The van der Waals surface area contributed by atoms with Crippen molar-refractivity contribution in [1.82, 2.24) is 4.98 Å². The summed E-state index contributed by atoms with van der Waals surface area (Å²) < 4.78 is 0. The Morgan fingerprint density at radius 1 is 1.38 bits per heavy atom. The number of halogens is 1. The molecule has 0 amide bonds. The quantitative estimate of drug-likeness (QED) is 0.821. The van der Waals surface area contributed by atoms with E-state index >= 15 is 0 Å². The van der Waals surface area contributed by atoms with Crippen LogP contribution in [0.1, 0.15) is 49.7 Å². The molecule has 0 spiro atoms. The number of fused-ring (bicyclic) bond motifs is 1. The van der Waals surface area contributed by atoms with E-state index in [1.807, 2.05) is 33.8 Å². The van der Waals surface area contributed by atoms with Crippen LogP contribution in [0, 0.1) is 0 Å². The van der Waals surface area contributed by atoms with Crippen LogP contribution in [0.3, 0.4) is 0 Å². The Kier molecular flexibility index (Phi) is 8.53. The lowest BCUT2D eigenvalue weighted by Gasteiger charge is -2.04. The van der Waals surface area contributed by atoms with E-state index in [4.69, 9.17) is 16.7 Å². The number of nitrogens with zero attached hydrogens (tertiary/aromatic N) is 1. The van der Waals surface area contributed by atoms with E-state index in [0.717, 1.165) is 33.5 Å². The van der Waals surface area contributed by atoms with Gasteiger partial charge in [0.25, 0.3) is 0 Å². The minimum Gasteiger partial charge on any atom is -0.389 e. The summed E-state index contributed by atoms with van der Waals surface area (Å²) in [6.07, 6.45) is 3.91. The van der Waals surface area contributed by atoms with Crippen molar-refractivity contribution in [2.45, 2.75) is 47.1 Å². The average molecular weight is 262 g/mol. The molecular formula is C12H20ClNOS. The van der Waals surface area contributed by atoms with Crippen LogP contribution >= 0.6 is 22.9 Å². The van der Waals surface area contributed by atoms with Crippen LogP contribution in [-0.4, -0.2) is 10.1 Å². The van der Waals surface area contributed by atoms with Gasteiger partial charge in [-0.1, -0.05) is 45.4 Å². The van der Waals surface area contributed by atoms with Gasteiger partial charge in [-0.15, -0.1) is 11.3 Å². The largest absolute Gasteiger partial charge is 0.389 e. The number of aliphatic hydroxyl groups is 1. The van der Waals surface area contributed by atoms with Gasteiger partial charge >= 0.3 is 0 Å². The van der Waals surface area contributed by atoms with Gasteiger partial charge in [0.05, 0.1) is 22.2 Å². The predicted molar refractivity (Wildman–Crippen MR) is 72.9 cm³/mol. The zero-order valence-electron chi connectivity index (χ0n) is 10.4. The number of thiazole rings is 1. The predicted octanol–water partition coefficient (Wildman–Crippen LogP) is 4.21. The van der Waals surface area contributed by atoms with Gasteiger partial charge < -0.3 is 5.11 Å². The molecule has 1 aliphatic rings. The Bertz CT molecular complexity index is 334. The second-order valence-electron chi connectivity index (χ2n) is 2.63. The van der Waals surface area contributed by atoms with E-state index in [0.29, 0.717) is 0 Å². The van der Waals surface area contributed by atoms with E-state index < -0.39 is 0 Å². The highest BCUT2D eigenvalue weighted by molar-refractivity contribution is 7.13. The highest BCUT2D eigenvalue weighted by atomic mass is 35.5. The number of rotatable bonds is 1. The van der Waals surface area contributed by atoms with Gasteiger partial charge in [0.1, 0.15) is 5.01 Å². The molecule has 1 aromatic heterocycles. The standard InChI is InChI=1S/C8H8ClNOS.2C2H6/c9-5-2-1-3-6-8(5)12-7(4-11)10-6;2*1-2/h2,11H,1,3-4H2;2*1-2H3. The van der Waals surface area contributed by atoms with Crippen LogP contribution in [0.4, 0.5) is 0 Å². The van der Waals surface area contributed by atoms with Crippen LogP contribution in [0.25, 0.3) is 5.03 Å². The molecule has 1 aromatic rings. The van der Waals surface area contributed by atoms with Crippen molar-refractivity contribution < 1.29 is 5.11 Å². The first-order valence-electron chi connectivity index (χ1n) is 5.76. The zero-order chi connectivity index (χ0) is 12.6. The molecule has 92 valence electrons. The first-order valence-corrected chi connectivity index (χ1v) is 6.96. The fraction of sp³-hybridized carbons (Fsp3) is 0.583. The lowest BCUT2D eigenvalue weighted by Crippen LogP contribution is -1.93. The summed E-state index contributed by atoms with van der Waals surface area (Å²) in [4.78, 5) is 5.30. The van der Waals surface area contributed by atoms with E-state index in [1.165, 1.54) is 11.3 Å². The molecule has 1 N–H and O–H groups in total. The van der Waals surface area contributed by atoms with E-state index in [9.17, 15) is 0 Å². The number of hydrogen-bond donors (Lipinski definition) is 1. The van der Waals surface area contributed by atoms with E-state index in [1.54, 1.807) is 0 Å². The number of aliphatic hydroxyl groups excluding tert-OH is 1. The number of hydrogen-bond acceptors (Lipinski definition) is 3. The van der Waals surface area contributed by atoms with Gasteiger partial charge in [-0.2, -0.15) is 0 Å². The maximum Gasteiger partial charge on any atom is 0.119 e. The lowest BCUT2D eigenvalue weighted by molar-refractivity contribution is 0.281. The fourth-order valence-corrected chi connectivity index (χ4v) is 2.49. The molecular weight excluding hydrogens is 242 g/mol. The molecule has 4 heteroatoms. The second-order valence-corrected chi connectivity index (χ2v) is 4.12. The minimum absolute atomic E-state index is 0.0157. The number of allylic oxidation sites excluding steroid dienone is 1. The van der Waals surface area contributed by atoms with Gasteiger partial charge in [0.2, 0.25) is 0 Å². The topological polar surface area (TPSA) is 33.1 Å². The first-order chi connectivity index (χ1) is 7.81. The van der Waals surface area contributed by atoms with Crippen molar-refractivity contribution in [2.24, 2.45) is 0 Å². The third kappa shape index (κ3) is 3.89. The summed E-state index contributed by atoms with van der Waals surface area (Å²) >= 11 is 7.45. The van der Waals surface area contributed by atoms with Crippen LogP contribution in [0.5, 0.6) is 0 Å². The molecule has 2 rings (SSSR count). The smallest absolute Gasteiger partial charge is 0.119 e. The Hall–Kier alpha value is -0.380. The highest BCUT2D eigenvalue weighted by Gasteiger charge is 2.16. The van der Waals surface area contributed by atoms with Gasteiger partial charge in [-0.3, -0.25) is 0 Å². The van der Waals surface area contributed by atoms with Crippen molar-refractivity contribution in [3.05, 3.63) is 21.7 Å². The van der Waals surface area contributed by atoms with Crippen molar-refractivity contribution in [1.29, 1.82) is 0 Å². The summed E-state index contributed by atoms with van der Waals surface area (Å²) in [6.45, 7) is 8.02. The van der Waals surface area contributed by atoms with E-state index in [-0.39, 0.29) is 6.61 Å². The average Bonchev–Trinajstić information content (AvgIpc) is 2.79. The molecule has 0 radical (unpaired) electrons. The first kappa shape index (κ1) is 15.6. The third-order valence-corrected chi connectivity index (χ3v) is 3.37. The fourth-order valence-electron chi connectivity index (χ4n) is 1.25. The molecule has 0 fully saturated rings. The molecule has 0 bridgehead atoms. The highest BCUT2D eigenvalue weighted by Crippen LogP contribution is 2.33. The molecule has 1 aliphatic carbocycles. The van der Waals surface area contributed by atoms with Gasteiger partial charge in [-0.05, 0) is 12.8 Å². The molecule has 0 atom stereocenters. The van der Waals surface area contributed by atoms with E-state index in [2.05, 4.69) is 4.98 Å². The van der Waals surface area contributed by atoms with Gasteiger partial charge in [0, 0.05) is 0 Å². The normalized spacial score (nSPS) is 12.5. The van der Waals surface area contributed by atoms with Crippen molar-refractivity contribution in [3.63, 3.8) is 0 Å². The Balaban J connectivity index is 0.000000509. The molecule has 0 saturated carbocycles. The Labute approximate surface area is 107 Å². The van der Waals surface area contributed by atoms with Gasteiger partial charge in [0.15, 0.2) is 0 Å². The van der Waals surface area contributed by atoms with Crippen molar-refractivity contribution >= 4 is 28.0 Å². The summed E-state index contributed by atoms with van der Waals surface area (Å²) in [7, 11) is 0. The number of aryl methyl sites for hydroxylation is 1. The summed E-state index contributed by atoms with van der Waals surface area (Å²) in [5.74, 6) is 0. The zero-order valence-corrected chi connectivity index (χ0v) is 12.0. The maximum absolute atomic E-state index is 8.86. The van der Waals surface area contributed by atoms with Crippen molar-refractivity contribution in [3.8, 4) is 0 Å². The molecule has 0 aromatic carbocycles. The van der Waals surface area contributed by atoms with Crippen LogP contribution in [0.15, 0.2) is 6.08 Å². The third-order valence-electron chi connectivity index (χ3n) is 1.80.